The van der Waals surface area contributed by atoms with Crippen LogP contribution in [0.4, 0.5) is 5.69 Å². The molecule has 2 rings (SSSR count). The molecule has 8 nitrogen and oxygen atoms in total. The molecule has 0 saturated heterocycles. The van der Waals surface area contributed by atoms with Crippen molar-refractivity contribution in [2.24, 2.45) is 0 Å². The quantitative estimate of drug-likeness (QED) is 0.307. The summed E-state index contributed by atoms with van der Waals surface area (Å²) in [6, 6.07) is 12.1. The molecule has 0 fully saturated rings. The van der Waals surface area contributed by atoms with Crippen LogP contribution in [0.25, 0.3) is 6.08 Å². The normalized spacial score (nSPS) is 9.87. The van der Waals surface area contributed by atoms with E-state index in [9.17, 15) is 14.4 Å². The number of rotatable bonds is 8. The molecule has 158 valence electrons. The maximum atomic E-state index is 12.3. The zero-order valence-corrected chi connectivity index (χ0v) is 17.2. The first-order valence-electron chi connectivity index (χ1n) is 8.93. The smallest absolute Gasteiger partial charge is 0.345 e. The van der Waals surface area contributed by atoms with Gasteiger partial charge in [-0.3, -0.25) is 4.79 Å². The number of carbonyl (C=O) groups is 3. The molecule has 1 amide bonds. The predicted octanol–water partition coefficient (Wildman–Crippen LogP) is 2.75. The Kier molecular flexibility index (Phi) is 7.99. The number of ether oxygens (including phenoxy) is 4. The van der Waals surface area contributed by atoms with Crippen LogP contribution in [0.1, 0.15) is 11.1 Å². The Morgan fingerprint density at radius 3 is 2.27 bits per heavy atom. The summed E-state index contributed by atoms with van der Waals surface area (Å²) in [7, 11) is 3.79. The third kappa shape index (κ3) is 6.10. The van der Waals surface area contributed by atoms with E-state index < -0.39 is 11.9 Å². The summed E-state index contributed by atoms with van der Waals surface area (Å²) in [6.07, 6.45) is 1.27. The molecular weight excluding hydrogens is 390 g/mol. The zero-order valence-electron chi connectivity index (χ0n) is 17.2. The summed E-state index contributed by atoms with van der Waals surface area (Å²) < 4.78 is 20.1. The van der Waals surface area contributed by atoms with E-state index in [2.05, 4.69) is 14.8 Å². The second-order valence-electron chi connectivity index (χ2n) is 6.15. The number of anilines is 1. The molecule has 0 aliphatic carbocycles. The van der Waals surface area contributed by atoms with E-state index in [1.807, 2.05) is 25.1 Å². The second kappa shape index (κ2) is 10.7. The Balaban J connectivity index is 2.25. The van der Waals surface area contributed by atoms with Gasteiger partial charge >= 0.3 is 11.9 Å². The van der Waals surface area contributed by atoms with Gasteiger partial charge in [0.1, 0.15) is 17.1 Å². The van der Waals surface area contributed by atoms with Crippen molar-refractivity contribution in [3.63, 3.8) is 0 Å². The minimum atomic E-state index is -0.860. The van der Waals surface area contributed by atoms with E-state index >= 15 is 0 Å². The lowest BCUT2D eigenvalue weighted by atomic mass is 10.1. The highest BCUT2D eigenvalue weighted by atomic mass is 16.5. The highest BCUT2D eigenvalue weighted by molar-refractivity contribution is 6.17. The summed E-state index contributed by atoms with van der Waals surface area (Å²) >= 11 is 0. The van der Waals surface area contributed by atoms with Crippen LogP contribution in [-0.4, -0.2) is 45.8 Å². The monoisotopic (exact) mass is 413 g/mol. The molecule has 0 saturated carbocycles. The van der Waals surface area contributed by atoms with Gasteiger partial charge in [-0.2, -0.15) is 0 Å². The number of aryl methyl sites for hydroxylation is 1. The van der Waals surface area contributed by atoms with Gasteiger partial charge in [0.15, 0.2) is 6.61 Å². The highest BCUT2D eigenvalue weighted by Gasteiger charge is 2.21. The average molecular weight is 413 g/mol. The van der Waals surface area contributed by atoms with Crippen LogP contribution in [0.3, 0.4) is 0 Å². The third-order valence-electron chi connectivity index (χ3n) is 3.99. The molecule has 0 spiro atoms. The van der Waals surface area contributed by atoms with Crippen molar-refractivity contribution in [2.75, 3.05) is 33.3 Å². The van der Waals surface area contributed by atoms with Crippen molar-refractivity contribution in [1.82, 2.24) is 0 Å². The first-order chi connectivity index (χ1) is 14.4. The predicted molar refractivity (Wildman–Crippen MR) is 110 cm³/mol. The Bertz CT molecular complexity index is 948. The van der Waals surface area contributed by atoms with E-state index in [0.717, 1.165) is 19.8 Å². The molecule has 0 aromatic heterocycles. The maximum absolute atomic E-state index is 12.3. The molecule has 0 bridgehead atoms. The van der Waals surface area contributed by atoms with E-state index in [-0.39, 0.29) is 23.8 Å². The van der Waals surface area contributed by atoms with Gasteiger partial charge in [0, 0.05) is 17.3 Å². The van der Waals surface area contributed by atoms with Gasteiger partial charge in [-0.05, 0) is 42.8 Å². The second-order valence-corrected chi connectivity index (χ2v) is 6.15. The van der Waals surface area contributed by atoms with Crippen LogP contribution < -0.4 is 14.8 Å². The first-order valence-corrected chi connectivity index (χ1v) is 8.93. The Labute approximate surface area is 174 Å². The fourth-order valence-corrected chi connectivity index (χ4v) is 2.53. The molecule has 30 heavy (non-hydrogen) atoms. The summed E-state index contributed by atoms with van der Waals surface area (Å²) in [6.45, 7) is 1.62. The molecule has 0 radical (unpaired) electrons. The standard InChI is InChI=1S/C22H23NO7/c1-14-6-5-7-16(10-14)23-20(24)13-30-19-12-17(27-2)9-8-15(19)11-18(21(25)28-3)22(26)29-4/h5-12H,13H2,1-4H3,(H,23,24). The number of hydrogen-bond acceptors (Lipinski definition) is 7. The number of esters is 2. The van der Waals surface area contributed by atoms with E-state index in [4.69, 9.17) is 9.47 Å². The Morgan fingerprint density at radius 2 is 1.67 bits per heavy atom. The third-order valence-corrected chi connectivity index (χ3v) is 3.99. The van der Waals surface area contributed by atoms with Crippen LogP contribution in [0, 0.1) is 6.92 Å². The van der Waals surface area contributed by atoms with E-state index in [0.29, 0.717) is 17.0 Å². The Hall–Kier alpha value is -3.81. The van der Waals surface area contributed by atoms with Crippen molar-refractivity contribution in [3.05, 3.63) is 59.2 Å². The van der Waals surface area contributed by atoms with Gasteiger partial charge in [-0.1, -0.05) is 12.1 Å². The molecule has 1 N–H and O–H groups in total. The van der Waals surface area contributed by atoms with Crippen LogP contribution in [-0.2, 0) is 23.9 Å². The molecule has 0 aliphatic heterocycles. The molecule has 0 atom stereocenters. The molecular formula is C22H23NO7. The molecule has 2 aromatic rings. The van der Waals surface area contributed by atoms with Gasteiger partial charge in [-0.15, -0.1) is 0 Å². The molecule has 0 heterocycles. The topological polar surface area (TPSA) is 100 Å². The first kappa shape index (κ1) is 22.5. The average Bonchev–Trinajstić information content (AvgIpc) is 2.75. The zero-order chi connectivity index (χ0) is 22.1. The van der Waals surface area contributed by atoms with E-state index in [1.54, 1.807) is 18.2 Å². The minimum Gasteiger partial charge on any atom is -0.497 e. The van der Waals surface area contributed by atoms with Crippen LogP contribution in [0.5, 0.6) is 11.5 Å². The highest BCUT2D eigenvalue weighted by Crippen LogP contribution is 2.27. The minimum absolute atomic E-state index is 0.235. The lowest BCUT2D eigenvalue weighted by Gasteiger charge is -2.12. The SMILES string of the molecule is COC(=O)C(=Cc1ccc(OC)cc1OCC(=O)Nc1cccc(C)c1)C(=O)OC. The summed E-state index contributed by atoms with van der Waals surface area (Å²) in [5.74, 6) is -1.39. The van der Waals surface area contributed by atoms with Crippen molar-refractivity contribution in [2.45, 2.75) is 6.92 Å². The van der Waals surface area contributed by atoms with Crippen LogP contribution >= 0.6 is 0 Å². The molecule has 2 aromatic carbocycles. The fourth-order valence-electron chi connectivity index (χ4n) is 2.53. The lowest BCUT2D eigenvalue weighted by Crippen LogP contribution is -2.20. The number of nitrogens with one attached hydrogen (secondary N) is 1. The number of carbonyl (C=O) groups excluding carboxylic acids is 3. The number of methoxy groups -OCH3 is 3. The molecule has 0 aliphatic rings. The number of amides is 1. The summed E-state index contributed by atoms with van der Waals surface area (Å²) in [5, 5.41) is 2.74. The van der Waals surface area contributed by atoms with E-state index in [1.165, 1.54) is 19.3 Å². The Morgan fingerprint density at radius 1 is 0.967 bits per heavy atom. The van der Waals surface area contributed by atoms with Crippen molar-refractivity contribution < 1.29 is 33.3 Å². The van der Waals surface area contributed by atoms with Gasteiger partial charge in [0.05, 0.1) is 21.3 Å². The lowest BCUT2D eigenvalue weighted by molar-refractivity contribution is -0.143. The van der Waals surface area contributed by atoms with Crippen molar-refractivity contribution in [1.29, 1.82) is 0 Å². The number of benzene rings is 2. The van der Waals surface area contributed by atoms with Gasteiger partial charge < -0.3 is 24.3 Å². The number of hydrogen-bond donors (Lipinski definition) is 1. The molecule has 0 unspecified atom stereocenters. The van der Waals surface area contributed by atoms with Crippen molar-refractivity contribution in [3.8, 4) is 11.5 Å². The van der Waals surface area contributed by atoms with Gasteiger partial charge in [0.2, 0.25) is 0 Å². The maximum Gasteiger partial charge on any atom is 0.345 e. The van der Waals surface area contributed by atoms with Gasteiger partial charge in [0.25, 0.3) is 5.91 Å². The van der Waals surface area contributed by atoms with Crippen LogP contribution in [0.15, 0.2) is 48.0 Å². The summed E-state index contributed by atoms with van der Waals surface area (Å²) in [5.41, 5.74) is 1.70. The fraction of sp³-hybridized carbons (Fsp3) is 0.227. The molecule has 8 heteroatoms. The van der Waals surface area contributed by atoms with Gasteiger partial charge in [-0.25, -0.2) is 9.59 Å². The largest absolute Gasteiger partial charge is 0.497 e. The summed E-state index contributed by atoms with van der Waals surface area (Å²) in [4.78, 5) is 36.1. The van der Waals surface area contributed by atoms with Crippen LogP contribution in [0.2, 0.25) is 0 Å². The van der Waals surface area contributed by atoms with Crippen molar-refractivity contribution >= 4 is 29.6 Å².